The lowest BCUT2D eigenvalue weighted by molar-refractivity contribution is 0.0942. The number of amides is 1. The number of carbonyl (C=O) groups excluding carboxylic acids is 1. The van der Waals surface area contributed by atoms with Crippen molar-refractivity contribution in [2.45, 2.75) is 26.2 Å². The van der Waals surface area contributed by atoms with Crippen LogP contribution in [0.1, 0.15) is 36.5 Å². The van der Waals surface area contributed by atoms with Gasteiger partial charge in [0.05, 0.1) is 5.56 Å². The SMILES string of the molecule is CCCC(CCO)CNC(=O)c1cccnc1. The summed E-state index contributed by atoms with van der Waals surface area (Å²) in [5.74, 6) is 0.253. The molecule has 4 heteroatoms. The van der Waals surface area contributed by atoms with Crippen molar-refractivity contribution in [2.75, 3.05) is 13.2 Å². The van der Waals surface area contributed by atoms with Crippen molar-refractivity contribution in [3.05, 3.63) is 30.1 Å². The summed E-state index contributed by atoms with van der Waals surface area (Å²) in [5.41, 5.74) is 0.576. The fourth-order valence-corrected chi connectivity index (χ4v) is 1.78. The van der Waals surface area contributed by atoms with E-state index in [1.54, 1.807) is 24.5 Å². The lowest BCUT2D eigenvalue weighted by Gasteiger charge is -2.15. The number of aliphatic hydroxyl groups is 1. The zero-order chi connectivity index (χ0) is 12.5. The molecule has 1 atom stereocenters. The molecule has 1 aromatic heterocycles. The van der Waals surface area contributed by atoms with Crippen LogP contribution in [0.3, 0.4) is 0 Å². The highest BCUT2D eigenvalue weighted by Crippen LogP contribution is 2.09. The van der Waals surface area contributed by atoms with Crippen LogP contribution in [0.4, 0.5) is 0 Å². The van der Waals surface area contributed by atoms with Gasteiger partial charge in [-0.05, 0) is 30.9 Å². The third-order valence-corrected chi connectivity index (χ3v) is 2.71. The Morgan fingerprint density at radius 3 is 2.94 bits per heavy atom. The van der Waals surface area contributed by atoms with Crippen LogP contribution < -0.4 is 5.32 Å². The van der Waals surface area contributed by atoms with Gasteiger partial charge in [-0.15, -0.1) is 0 Å². The summed E-state index contributed by atoms with van der Waals surface area (Å²) in [6.45, 7) is 2.89. The van der Waals surface area contributed by atoms with Crippen LogP contribution in [0, 0.1) is 5.92 Å². The molecule has 0 aliphatic carbocycles. The normalized spacial score (nSPS) is 12.1. The number of nitrogens with one attached hydrogen (secondary N) is 1. The van der Waals surface area contributed by atoms with E-state index < -0.39 is 0 Å². The van der Waals surface area contributed by atoms with E-state index in [4.69, 9.17) is 5.11 Å². The zero-order valence-electron chi connectivity index (χ0n) is 10.2. The molecule has 0 saturated heterocycles. The van der Waals surface area contributed by atoms with E-state index in [9.17, 15) is 4.79 Å². The minimum absolute atomic E-state index is 0.0999. The van der Waals surface area contributed by atoms with Gasteiger partial charge in [-0.1, -0.05) is 13.3 Å². The van der Waals surface area contributed by atoms with E-state index in [0.29, 0.717) is 18.0 Å². The van der Waals surface area contributed by atoms with E-state index in [1.165, 1.54) is 0 Å². The molecule has 1 unspecified atom stereocenters. The van der Waals surface area contributed by atoms with Crippen molar-refractivity contribution in [2.24, 2.45) is 5.92 Å². The van der Waals surface area contributed by atoms with Crippen molar-refractivity contribution in [3.63, 3.8) is 0 Å². The van der Waals surface area contributed by atoms with Gasteiger partial charge in [0.2, 0.25) is 0 Å². The molecule has 0 aliphatic rings. The molecular weight excluding hydrogens is 216 g/mol. The molecule has 1 heterocycles. The first kappa shape index (κ1) is 13.6. The van der Waals surface area contributed by atoms with Crippen LogP contribution >= 0.6 is 0 Å². The molecule has 0 bridgehead atoms. The zero-order valence-corrected chi connectivity index (χ0v) is 10.2. The van der Waals surface area contributed by atoms with Gasteiger partial charge in [-0.3, -0.25) is 9.78 Å². The van der Waals surface area contributed by atoms with Gasteiger partial charge in [0.15, 0.2) is 0 Å². The number of carbonyl (C=O) groups is 1. The van der Waals surface area contributed by atoms with Crippen molar-refractivity contribution < 1.29 is 9.90 Å². The van der Waals surface area contributed by atoms with E-state index in [2.05, 4.69) is 17.2 Å². The molecule has 0 saturated carbocycles. The summed E-state index contributed by atoms with van der Waals surface area (Å²) in [6, 6.07) is 3.48. The number of nitrogens with zero attached hydrogens (tertiary/aromatic N) is 1. The van der Waals surface area contributed by atoms with Crippen LogP contribution in [0.15, 0.2) is 24.5 Å². The maximum atomic E-state index is 11.7. The number of pyridine rings is 1. The Hall–Kier alpha value is -1.42. The minimum Gasteiger partial charge on any atom is -0.396 e. The highest BCUT2D eigenvalue weighted by Gasteiger charge is 2.10. The largest absolute Gasteiger partial charge is 0.396 e. The van der Waals surface area contributed by atoms with E-state index in [-0.39, 0.29) is 12.5 Å². The summed E-state index contributed by atoms with van der Waals surface area (Å²) in [6.07, 6.45) is 6.01. The number of aliphatic hydroxyl groups excluding tert-OH is 1. The van der Waals surface area contributed by atoms with Crippen LogP contribution in [0.25, 0.3) is 0 Å². The van der Waals surface area contributed by atoms with Crippen molar-refractivity contribution >= 4 is 5.91 Å². The number of hydrogen-bond acceptors (Lipinski definition) is 3. The predicted octanol–water partition coefficient (Wildman–Crippen LogP) is 1.61. The Kier molecular flexibility index (Phi) is 6.25. The maximum absolute atomic E-state index is 11.7. The summed E-state index contributed by atoms with van der Waals surface area (Å²) < 4.78 is 0. The van der Waals surface area contributed by atoms with Gasteiger partial charge in [0, 0.05) is 25.5 Å². The summed E-state index contributed by atoms with van der Waals surface area (Å²) in [4.78, 5) is 15.6. The quantitative estimate of drug-likeness (QED) is 0.756. The topological polar surface area (TPSA) is 62.2 Å². The molecule has 2 N–H and O–H groups in total. The average molecular weight is 236 g/mol. The first-order valence-electron chi connectivity index (χ1n) is 6.07. The first-order valence-corrected chi connectivity index (χ1v) is 6.07. The molecule has 0 fully saturated rings. The average Bonchev–Trinajstić information content (AvgIpc) is 2.37. The number of hydrogen-bond donors (Lipinski definition) is 2. The fourth-order valence-electron chi connectivity index (χ4n) is 1.78. The van der Waals surface area contributed by atoms with E-state index in [1.807, 2.05) is 0 Å². The molecule has 4 nitrogen and oxygen atoms in total. The second kappa shape index (κ2) is 7.79. The Labute approximate surface area is 102 Å². The molecule has 0 spiro atoms. The Morgan fingerprint density at radius 1 is 1.53 bits per heavy atom. The van der Waals surface area contributed by atoms with Crippen LogP contribution in [0.5, 0.6) is 0 Å². The van der Waals surface area contributed by atoms with Crippen LogP contribution in [0.2, 0.25) is 0 Å². The van der Waals surface area contributed by atoms with Crippen LogP contribution in [-0.2, 0) is 0 Å². The molecule has 1 rings (SSSR count). The van der Waals surface area contributed by atoms with Gasteiger partial charge < -0.3 is 10.4 Å². The van der Waals surface area contributed by atoms with Gasteiger partial charge in [0.1, 0.15) is 0 Å². The monoisotopic (exact) mass is 236 g/mol. The van der Waals surface area contributed by atoms with Gasteiger partial charge >= 0.3 is 0 Å². The first-order chi connectivity index (χ1) is 8.27. The Morgan fingerprint density at radius 2 is 2.35 bits per heavy atom. The van der Waals surface area contributed by atoms with E-state index >= 15 is 0 Å². The Bertz CT molecular complexity index is 321. The molecular formula is C13H20N2O2. The van der Waals surface area contributed by atoms with Crippen molar-refractivity contribution in [3.8, 4) is 0 Å². The second-order valence-corrected chi connectivity index (χ2v) is 4.12. The molecule has 1 amide bonds. The van der Waals surface area contributed by atoms with Gasteiger partial charge in [-0.25, -0.2) is 0 Å². The highest BCUT2D eigenvalue weighted by atomic mass is 16.3. The number of aromatic nitrogens is 1. The summed E-state index contributed by atoms with van der Waals surface area (Å²) in [5, 5.41) is 11.8. The third-order valence-electron chi connectivity index (χ3n) is 2.71. The van der Waals surface area contributed by atoms with Gasteiger partial charge in [-0.2, -0.15) is 0 Å². The van der Waals surface area contributed by atoms with Crippen LogP contribution in [-0.4, -0.2) is 29.1 Å². The summed E-state index contributed by atoms with van der Waals surface area (Å²) in [7, 11) is 0. The lowest BCUT2D eigenvalue weighted by atomic mass is 10.0. The smallest absolute Gasteiger partial charge is 0.252 e. The Balaban J connectivity index is 2.41. The standard InChI is InChI=1S/C13H20N2O2/c1-2-4-11(6-8-16)9-15-13(17)12-5-3-7-14-10-12/h3,5,7,10-11,16H,2,4,6,8-9H2,1H3,(H,15,17). The molecule has 0 aromatic carbocycles. The van der Waals surface area contributed by atoms with Gasteiger partial charge in [0.25, 0.3) is 5.91 Å². The van der Waals surface area contributed by atoms with Crippen molar-refractivity contribution in [1.82, 2.24) is 10.3 Å². The lowest BCUT2D eigenvalue weighted by Crippen LogP contribution is -2.29. The molecule has 1 aromatic rings. The van der Waals surface area contributed by atoms with E-state index in [0.717, 1.165) is 19.3 Å². The summed E-state index contributed by atoms with van der Waals surface area (Å²) >= 11 is 0. The molecule has 0 radical (unpaired) electrons. The minimum atomic E-state index is -0.0999. The molecule has 0 aliphatic heterocycles. The molecule has 94 valence electrons. The molecule has 17 heavy (non-hydrogen) atoms. The fraction of sp³-hybridized carbons (Fsp3) is 0.538. The highest BCUT2D eigenvalue weighted by molar-refractivity contribution is 5.93. The number of rotatable bonds is 7. The third kappa shape index (κ3) is 4.95. The van der Waals surface area contributed by atoms with Crippen molar-refractivity contribution in [1.29, 1.82) is 0 Å². The maximum Gasteiger partial charge on any atom is 0.252 e. The second-order valence-electron chi connectivity index (χ2n) is 4.12. The predicted molar refractivity (Wildman–Crippen MR) is 66.7 cm³/mol.